The number of rotatable bonds is 4. The number of benzene rings is 2. The molecule has 6 nitrogen and oxygen atoms in total. The predicted octanol–water partition coefficient (Wildman–Crippen LogP) is 2.73. The molecule has 0 radical (unpaired) electrons. The fraction of sp³-hybridized carbons (Fsp3) is 0.316. The Morgan fingerprint density at radius 1 is 1.20 bits per heavy atom. The lowest BCUT2D eigenvalue weighted by Crippen LogP contribution is -2.37. The van der Waals surface area contributed by atoms with Crippen LogP contribution in [0.2, 0.25) is 0 Å². The predicted molar refractivity (Wildman–Crippen MR) is 94.0 cm³/mol. The van der Waals surface area contributed by atoms with Crippen molar-refractivity contribution in [3.63, 3.8) is 0 Å². The molecule has 2 aromatic carbocycles. The van der Waals surface area contributed by atoms with Crippen LogP contribution in [0, 0.1) is 0 Å². The smallest absolute Gasteiger partial charge is 0.260 e. The zero-order valence-electron chi connectivity index (χ0n) is 14.1. The summed E-state index contributed by atoms with van der Waals surface area (Å²) in [5.41, 5.74) is 5.04. The van der Waals surface area contributed by atoms with Gasteiger partial charge in [0.2, 0.25) is 0 Å². The molecule has 1 amide bonds. The summed E-state index contributed by atoms with van der Waals surface area (Å²) in [7, 11) is 1.53. The first-order valence-electron chi connectivity index (χ1n) is 8.46. The molecule has 6 heteroatoms. The molecule has 130 valence electrons. The zero-order chi connectivity index (χ0) is 17.4. The molecule has 2 N–H and O–H groups in total. The molecule has 0 saturated carbocycles. The van der Waals surface area contributed by atoms with E-state index in [1.54, 1.807) is 17.1 Å². The molecule has 2 atom stereocenters. The van der Waals surface area contributed by atoms with E-state index < -0.39 is 0 Å². The van der Waals surface area contributed by atoms with Crippen LogP contribution in [0.5, 0.6) is 11.5 Å². The summed E-state index contributed by atoms with van der Waals surface area (Å²) in [5, 5.41) is 11.6. The number of carbonyl (C=O) groups is 1. The van der Waals surface area contributed by atoms with Crippen molar-refractivity contribution in [1.29, 1.82) is 0 Å². The summed E-state index contributed by atoms with van der Waals surface area (Å²) in [6.07, 6.45) is 1.66. The molecule has 4 rings (SSSR count). The second-order valence-electron chi connectivity index (χ2n) is 6.39. The second kappa shape index (κ2) is 6.29. The van der Waals surface area contributed by atoms with E-state index in [1.165, 1.54) is 7.11 Å². The fourth-order valence-electron chi connectivity index (χ4n) is 3.74. The van der Waals surface area contributed by atoms with Gasteiger partial charge in [0, 0.05) is 6.54 Å². The molecule has 2 aromatic rings. The third-order valence-corrected chi connectivity index (χ3v) is 4.90. The van der Waals surface area contributed by atoms with Crippen LogP contribution in [0.15, 0.2) is 48.5 Å². The van der Waals surface area contributed by atoms with Gasteiger partial charge in [-0.3, -0.25) is 15.1 Å². The first kappa shape index (κ1) is 15.8. The number of nitrogens with one attached hydrogen (secondary N) is 1. The van der Waals surface area contributed by atoms with Crippen molar-refractivity contribution in [2.75, 3.05) is 19.1 Å². The monoisotopic (exact) mass is 339 g/mol. The quantitative estimate of drug-likeness (QED) is 0.897. The molecule has 0 unspecified atom stereocenters. The highest BCUT2D eigenvalue weighted by molar-refractivity contribution is 5.86. The second-order valence-corrected chi connectivity index (χ2v) is 6.39. The number of anilines is 1. The Labute approximate surface area is 146 Å². The topological polar surface area (TPSA) is 65.0 Å². The van der Waals surface area contributed by atoms with Crippen molar-refractivity contribution in [3.8, 4) is 11.5 Å². The number of nitrogens with zero attached hydrogens (tertiary/aromatic N) is 2. The van der Waals surface area contributed by atoms with Gasteiger partial charge in [-0.15, -0.1) is 0 Å². The number of para-hydroxylation sites is 1. The van der Waals surface area contributed by atoms with Crippen LogP contribution < -0.4 is 10.2 Å². The molecule has 2 saturated heterocycles. The van der Waals surface area contributed by atoms with Gasteiger partial charge in [-0.2, -0.15) is 0 Å². The number of ether oxygens (including phenoxy) is 1. The first-order chi connectivity index (χ1) is 12.2. The highest BCUT2D eigenvalue weighted by Gasteiger charge is 2.49. The Kier molecular flexibility index (Phi) is 3.97. The number of phenolic OH excluding ortho intramolecular Hbond substituents is 1. The normalized spacial score (nSPS) is 22.9. The van der Waals surface area contributed by atoms with Gasteiger partial charge < -0.3 is 9.84 Å². The summed E-state index contributed by atoms with van der Waals surface area (Å²) in [6.45, 7) is 0.872. The minimum atomic E-state index is -0.227. The van der Waals surface area contributed by atoms with E-state index in [-0.39, 0.29) is 23.9 Å². The molecule has 0 aromatic heterocycles. The van der Waals surface area contributed by atoms with Crippen molar-refractivity contribution in [2.45, 2.75) is 25.0 Å². The minimum absolute atomic E-state index is 0.0818. The van der Waals surface area contributed by atoms with Crippen LogP contribution in [0.3, 0.4) is 0 Å². The van der Waals surface area contributed by atoms with Crippen LogP contribution in [-0.4, -0.2) is 40.6 Å². The van der Waals surface area contributed by atoms with Gasteiger partial charge >= 0.3 is 0 Å². The Balaban J connectivity index is 1.72. The van der Waals surface area contributed by atoms with Crippen molar-refractivity contribution < 1.29 is 14.6 Å². The Bertz CT molecular complexity index is 781. The van der Waals surface area contributed by atoms with E-state index in [0.717, 1.165) is 30.6 Å². The zero-order valence-corrected chi connectivity index (χ0v) is 14.1. The number of carbonyl (C=O) groups excluding carboxylic acids is 1. The number of fused-ring (bicyclic) bond motifs is 1. The molecule has 2 heterocycles. The summed E-state index contributed by atoms with van der Waals surface area (Å²) < 4.78 is 5.24. The van der Waals surface area contributed by atoms with E-state index in [9.17, 15) is 9.90 Å². The molecule has 2 aliphatic rings. The maximum Gasteiger partial charge on any atom is 0.260 e. The van der Waals surface area contributed by atoms with Crippen molar-refractivity contribution in [3.05, 3.63) is 54.1 Å². The van der Waals surface area contributed by atoms with Crippen LogP contribution in [0.1, 0.15) is 24.6 Å². The number of methoxy groups -OCH3 is 1. The molecule has 0 spiro atoms. The molecular weight excluding hydrogens is 318 g/mol. The number of hydrazine groups is 1. The van der Waals surface area contributed by atoms with Gasteiger partial charge in [-0.1, -0.05) is 24.3 Å². The third kappa shape index (κ3) is 2.68. The van der Waals surface area contributed by atoms with E-state index in [4.69, 9.17) is 4.74 Å². The third-order valence-electron chi connectivity index (χ3n) is 4.90. The molecule has 2 fully saturated rings. The van der Waals surface area contributed by atoms with Gasteiger partial charge in [-0.25, -0.2) is 5.01 Å². The standard InChI is InChI=1S/C19H21N3O3/c1-25-17-12-13(9-10-16(17)23)18-21-11-5-8-15(21)19(24)22(18)20-14-6-3-2-4-7-14/h2-4,6-7,9-10,12,15,18,20,23H,5,8,11H2,1H3/t15-,18+/m0/s1. The van der Waals surface area contributed by atoms with Gasteiger partial charge in [-0.05, 0) is 42.7 Å². The van der Waals surface area contributed by atoms with E-state index >= 15 is 0 Å². The first-order valence-corrected chi connectivity index (χ1v) is 8.46. The van der Waals surface area contributed by atoms with E-state index in [1.807, 2.05) is 36.4 Å². The maximum absolute atomic E-state index is 12.9. The number of hydrogen-bond acceptors (Lipinski definition) is 5. The summed E-state index contributed by atoms with van der Waals surface area (Å²) in [4.78, 5) is 15.1. The molecule has 2 aliphatic heterocycles. The number of amides is 1. The maximum atomic E-state index is 12.9. The SMILES string of the molecule is COc1cc([C@H]2N(Nc3ccccc3)C(=O)[C@@H]3CCCN32)ccc1O. The van der Waals surface area contributed by atoms with Gasteiger partial charge in [0.15, 0.2) is 11.5 Å². The average Bonchev–Trinajstić information content (AvgIpc) is 3.20. The highest BCUT2D eigenvalue weighted by Crippen LogP contribution is 2.41. The lowest BCUT2D eigenvalue weighted by Gasteiger charge is -2.30. The lowest BCUT2D eigenvalue weighted by molar-refractivity contribution is -0.128. The summed E-state index contributed by atoms with van der Waals surface area (Å²) >= 11 is 0. The number of aromatic hydroxyl groups is 1. The highest BCUT2D eigenvalue weighted by atomic mass is 16.5. The molecule has 0 bridgehead atoms. The van der Waals surface area contributed by atoms with Crippen LogP contribution in [0.4, 0.5) is 5.69 Å². The molecule has 0 aliphatic carbocycles. The van der Waals surface area contributed by atoms with Gasteiger partial charge in [0.1, 0.15) is 6.17 Å². The van der Waals surface area contributed by atoms with Crippen LogP contribution >= 0.6 is 0 Å². The summed E-state index contributed by atoms with van der Waals surface area (Å²) in [6, 6.07) is 14.8. The van der Waals surface area contributed by atoms with Crippen LogP contribution in [0.25, 0.3) is 0 Å². The Morgan fingerprint density at radius 3 is 2.76 bits per heavy atom. The summed E-state index contributed by atoms with van der Waals surface area (Å²) in [5.74, 6) is 0.585. The van der Waals surface area contributed by atoms with E-state index in [0.29, 0.717) is 5.75 Å². The van der Waals surface area contributed by atoms with Crippen LogP contribution in [-0.2, 0) is 4.79 Å². The van der Waals surface area contributed by atoms with Gasteiger partial charge in [0.05, 0.1) is 18.8 Å². The lowest BCUT2D eigenvalue weighted by atomic mass is 10.1. The van der Waals surface area contributed by atoms with E-state index in [2.05, 4.69) is 10.3 Å². The average molecular weight is 339 g/mol. The number of phenols is 1. The van der Waals surface area contributed by atoms with Crippen molar-refractivity contribution in [2.24, 2.45) is 0 Å². The Hall–Kier alpha value is -2.73. The van der Waals surface area contributed by atoms with Crippen molar-refractivity contribution in [1.82, 2.24) is 9.91 Å². The molecular formula is C19H21N3O3. The number of hydrogen-bond donors (Lipinski definition) is 2. The van der Waals surface area contributed by atoms with Gasteiger partial charge in [0.25, 0.3) is 5.91 Å². The molecule has 25 heavy (non-hydrogen) atoms. The largest absolute Gasteiger partial charge is 0.504 e. The fourth-order valence-corrected chi connectivity index (χ4v) is 3.74. The minimum Gasteiger partial charge on any atom is -0.504 e. The Morgan fingerprint density at radius 2 is 2.00 bits per heavy atom. The van der Waals surface area contributed by atoms with Crippen molar-refractivity contribution >= 4 is 11.6 Å².